The summed E-state index contributed by atoms with van der Waals surface area (Å²) in [5.74, 6) is 0.0184. The van der Waals surface area contributed by atoms with E-state index in [2.05, 4.69) is 4.72 Å². The third-order valence-corrected chi connectivity index (χ3v) is 6.15. The Hall–Kier alpha value is -1.36. The van der Waals surface area contributed by atoms with E-state index in [1.807, 2.05) is 54.6 Å². The first-order chi connectivity index (χ1) is 11.0. The predicted octanol–water partition coefficient (Wildman–Crippen LogP) is 3.88. The molecule has 0 heterocycles. The van der Waals surface area contributed by atoms with Gasteiger partial charge in [-0.1, -0.05) is 60.5 Å². The topological polar surface area (TPSA) is 46.2 Å². The molecule has 0 aromatic heterocycles. The van der Waals surface area contributed by atoms with Crippen LogP contribution in [0.4, 0.5) is 0 Å². The summed E-state index contributed by atoms with van der Waals surface area (Å²) in [5.41, 5.74) is 1.87. The molecule has 0 atom stereocenters. The van der Waals surface area contributed by atoms with Crippen molar-refractivity contribution in [1.29, 1.82) is 0 Å². The van der Waals surface area contributed by atoms with E-state index in [4.69, 9.17) is 11.6 Å². The van der Waals surface area contributed by atoms with Crippen molar-refractivity contribution in [2.75, 3.05) is 6.54 Å². The molecule has 3 rings (SSSR count). The predicted molar refractivity (Wildman–Crippen MR) is 94.0 cm³/mol. The number of nitrogens with one attached hydrogen (secondary N) is 1. The van der Waals surface area contributed by atoms with Crippen LogP contribution < -0.4 is 4.72 Å². The van der Waals surface area contributed by atoms with Gasteiger partial charge in [0, 0.05) is 17.0 Å². The van der Waals surface area contributed by atoms with Gasteiger partial charge in [0.1, 0.15) is 0 Å². The van der Waals surface area contributed by atoms with Gasteiger partial charge in [-0.15, -0.1) is 0 Å². The SMILES string of the molecule is O=S(=O)(Cc1ccccc1)NCC1(c2ccc(Cl)cc2)CCC1. The largest absolute Gasteiger partial charge is 0.215 e. The van der Waals surface area contributed by atoms with Gasteiger partial charge in [-0.3, -0.25) is 0 Å². The Morgan fingerprint density at radius 3 is 2.22 bits per heavy atom. The number of hydrogen-bond donors (Lipinski definition) is 1. The number of benzene rings is 2. The van der Waals surface area contributed by atoms with Crippen LogP contribution in [0.25, 0.3) is 0 Å². The Bertz CT molecular complexity index is 753. The van der Waals surface area contributed by atoms with E-state index in [1.54, 1.807) is 0 Å². The minimum absolute atomic E-state index is 0.0184. The monoisotopic (exact) mass is 349 g/mol. The van der Waals surface area contributed by atoms with Crippen LogP contribution >= 0.6 is 11.6 Å². The molecule has 23 heavy (non-hydrogen) atoms. The summed E-state index contributed by atoms with van der Waals surface area (Å²) in [5, 5.41) is 0.702. The summed E-state index contributed by atoms with van der Waals surface area (Å²) in [6.07, 6.45) is 3.13. The van der Waals surface area contributed by atoms with E-state index in [1.165, 1.54) is 0 Å². The highest BCUT2D eigenvalue weighted by Gasteiger charge is 2.39. The van der Waals surface area contributed by atoms with Gasteiger partial charge in [0.05, 0.1) is 5.75 Å². The molecule has 1 aliphatic carbocycles. The van der Waals surface area contributed by atoms with Gasteiger partial charge >= 0.3 is 0 Å². The number of sulfonamides is 1. The molecule has 5 heteroatoms. The maximum atomic E-state index is 12.3. The molecule has 2 aromatic rings. The van der Waals surface area contributed by atoms with E-state index in [0.29, 0.717) is 11.6 Å². The van der Waals surface area contributed by atoms with Crippen LogP contribution in [0, 0.1) is 0 Å². The fraction of sp³-hybridized carbons (Fsp3) is 0.333. The summed E-state index contributed by atoms with van der Waals surface area (Å²) in [4.78, 5) is 0. The van der Waals surface area contributed by atoms with Crippen LogP contribution in [-0.2, 0) is 21.2 Å². The number of halogens is 1. The fourth-order valence-corrected chi connectivity index (χ4v) is 4.42. The first kappa shape index (κ1) is 16.5. The smallest absolute Gasteiger partial charge is 0.214 e. The van der Waals surface area contributed by atoms with Gasteiger partial charge in [0.2, 0.25) is 10.0 Å². The van der Waals surface area contributed by atoms with Crippen LogP contribution in [-0.4, -0.2) is 15.0 Å². The third kappa shape index (κ3) is 3.94. The summed E-state index contributed by atoms with van der Waals surface area (Å²) in [7, 11) is -3.34. The second kappa shape index (κ2) is 6.63. The van der Waals surface area contributed by atoms with Gasteiger partial charge in [0.15, 0.2) is 0 Å². The lowest BCUT2D eigenvalue weighted by Gasteiger charge is -2.42. The van der Waals surface area contributed by atoms with Crippen molar-refractivity contribution < 1.29 is 8.42 Å². The molecule has 0 aliphatic heterocycles. The van der Waals surface area contributed by atoms with E-state index in [9.17, 15) is 8.42 Å². The molecule has 0 unspecified atom stereocenters. The van der Waals surface area contributed by atoms with Crippen molar-refractivity contribution in [1.82, 2.24) is 4.72 Å². The quantitative estimate of drug-likeness (QED) is 0.860. The molecule has 0 spiro atoms. The lowest BCUT2D eigenvalue weighted by atomic mass is 9.64. The van der Waals surface area contributed by atoms with Gasteiger partial charge in [-0.25, -0.2) is 13.1 Å². The normalized spacial score (nSPS) is 16.7. The molecule has 0 saturated heterocycles. The summed E-state index contributed by atoms with van der Waals surface area (Å²) < 4.78 is 27.5. The van der Waals surface area contributed by atoms with Crippen LogP contribution in [0.3, 0.4) is 0 Å². The van der Waals surface area contributed by atoms with Gasteiger partial charge in [-0.05, 0) is 36.1 Å². The molecule has 122 valence electrons. The maximum absolute atomic E-state index is 12.3. The zero-order valence-electron chi connectivity index (χ0n) is 12.8. The molecule has 3 nitrogen and oxygen atoms in total. The highest BCUT2D eigenvalue weighted by molar-refractivity contribution is 7.88. The highest BCUT2D eigenvalue weighted by atomic mass is 35.5. The highest BCUT2D eigenvalue weighted by Crippen LogP contribution is 2.43. The van der Waals surface area contributed by atoms with E-state index in [0.717, 1.165) is 30.4 Å². The standard InChI is InChI=1S/C18H20ClNO2S/c19-17-9-7-16(8-10-17)18(11-4-12-18)14-20-23(21,22)13-15-5-2-1-3-6-15/h1-3,5-10,20H,4,11-14H2. The Labute approximate surface area is 142 Å². The first-order valence-electron chi connectivity index (χ1n) is 7.76. The molecular weight excluding hydrogens is 330 g/mol. The molecule has 1 N–H and O–H groups in total. The van der Waals surface area contributed by atoms with Crippen molar-refractivity contribution in [3.63, 3.8) is 0 Å². The second-order valence-corrected chi connectivity index (χ2v) is 8.45. The minimum atomic E-state index is -3.34. The Morgan fingerprint density at radius 1 is 1.00 bits per heavy atom. The van der Waals surface area contributed by atoms with Crippen molar-refractivity contribution in [3.05, 3.63) is 70.7 Å². The first-order valence-corrected chi connectivity index (χ1v) is 9.80. The lowest BCUT2D eigenvalue weighted by Crippen LogP contribution is -2.45. The fourth-order valence-electron chi connectivity index (χ4n) is 3.07. The maximum Gasteiger partial charge on any atom is 0.215 e. The van der Waals surface area contributed by atoms with E-state index >= 15 is 0 Å². The van der Waals surface area contributed by atoms with Gasteiger partial charge < -0.3 is 0 Å². The summed E-state index contributed by atoms with van der Waals surface area (Å²) in [6, 6.07) is 17.0. The van der Waals surface area contributed by atoms with Crippen LogP contribution in [0.2, 0.25) is 5.02 Å². The Kier molecular flexibility index (Phi) is 4.76. The third-order valence-electron chi connectivity index (χ3n) is 4.60. The average molecular weight is 350 g/mol. The molecule has 0 radical (unpaired) electrons. The molecule has 1 saturated carbocycles. The molecule has 1 fully saturated rings. The zero-order chi connectivity index (χ0) is 16.3. The zero-order valence-corrected chi connectivity index (χ0v) is 14.4. The summed E-state index contributed by atoms with van der Waals surface area (Å²) in [6.45, 7) is 0.448. The van der Waals surface area contributed by atoms with Crippen LogP contribution in [0.5, 0.6) is 0 Å². The van der Waals surface area contributed by atoms with Gasteiger partial charge in [-0.2, -0.15) is 0 Å². The average Bonchev–Trinajstić information content (AvgIpc) is 2.48. The second-order valence-electron chi connectivity index (χ2n) is 6.21. The summed E-state index contributed by atoms with van der Waals surface area (Å²) >= 11 is 5.95. The number of hydrogen-bond acceptors (Lipinski definition) is 2. The van der Waals surface area contributed by atoms with Gasteiger partial charge in [0.25, 0.3) is 0 Å². The lowest BCUT2D eigenvalue weighted by molar-refractivity contribution is 0.245. The molecule has 0 amide bonds. The van der Waals surface area contributed by atoms with Crippen LogP contribution in [0.1, 0.15) is 30.4 Å². The van der Waals surface area contributed by atoms with Crippen molar-refractivity contribution in [2.24, 2.45) is 0 Å². The molecule has 2 aromatic carbocycles. The van der Waals surface area contributed by atoms with Crippen LogP contribution in [0.15, 0.2) is 54.6 Å². The molecule has 1 aliphatic rings. The molecular formula is C18H20ClNO2S. The van der Waals surface area contributed by atoms with E-state index < -0.39 is 10.0 Å². The molecule has 0 bridgehead atoms. The Balaban J connectivity index is 1.69. The van der Waals surface area contributed by atoms with Crippen molar-refractivity contribution in [2.45, 2.75) is 30.4 Å². The van der Waals surface area contributed by atoms with Crippen molar-refractivity contribution >= 4 is 21.6 Å². The Morgan fingerprint density at radius 2 is 1.65 bits per heavy atom. The van der Waals surface area contributed by atoms with Crippen molar-refractivity contribution in [3.8, 4) is 0 Å². The minimum Gasteiger partial charge on any atom is -0.214 e. The number of rotatable bonds is 6. The van der Waals surface area contributed by atoms with E-state index in [-0.39, 0.29) is 11.2 Å².